The minimum Gasteiger partial charge on any atom is -0.228 e. The van der Waals surface area contributed by atoms with Crippen molar-refractivity contribution in [2.24, 2.45) is 0 Å². The fourth-order valence-corrected chi connectivity index (χ4v) is 1.55. The number of rotatable bonds is 2. The third-order valence-electron chi connectivity index (χ3n) is 2.48. The largest absolute Gasteiger partial charge is 0.228 e. The zero-order valence-electron chi connectivity index (χ0n) is 8.87. The fraction of sp³-hybridized carbons (Fsp3) is 0.154. The molecular weight excluding hydrogens is 208 g/mol. The van der Waals surface area contributed by atoms with Crippen molar-refractivity contribution in [2.45, 2.75) is 13.3 Å². The van der Waals surface area contributed by atoms with E-state index in [1.807, 2.05) is 13.0 Å². The van der Waals surface area contributed by atoms with Crippen LogP contribution in [0.15, 0.2) is 36.5 Å². The molecule has 0 saturated heterocycles. The molecule has 2 rings (SSSR count). The van der Waals surface area contributed by atoms with Gasteiger partial charge in [0.1, 0.15) is 5.82 Å². The van der Waals surface area contributed by atoms with Gasteiger partial charge in [-0.2, -0.15) is 4.39 Å². The molecule has 0 atom stereocenters. The predicted molar refractivity (Wildman–Crippen MR) is 59.0 cm³/mol. The van der Waals surface area contributed by atoms with Crippen LogP contribution in [0.5, 0.6) is 0 Å². The molecule has 1 heterocycles. The van der Waals surface area contributed by atoms with Crippen LogP contribution in [0.3, 0.4) is 0 Å². The molecule has 0 N–H and O–H groups in total. The summed E-state index contributed by atoms with van der Waals surface area (Å²) in [6, 6.07) is 7.80. The van der Waals surface area contributed by atoms with Crippen molar-refractivity contribution in [3.63, 3.8) is 0 Å². The Morgan fingerprint density at radius 2 is 1.94 bits per heavy atom. The minimum atomic E-state index is -0.561. The van der Waals surface area contributed by atoms with Gasteiger partial charge in [0.2, 0.25) is 5.95 Å². The molecule has 16 heavy (non-hydrogen) atoms. The van der Waals surface area contributed by atoms with Gasteiger partial charge in [0.15, 0.2) is 0 Å². The van der Waals surface area contributed by atoms with Crippen LogP contribution in [0.4, 0.5) is 8.78 Å². The Balaban J connectivity index is 2.44. The standard InChI is InChI=1S/C13H11F2N/c1-2-9-3-5-11(12(14)7-9)10-4-6-13(15)16-8-10/h3-8H,2H2,1H3. The molecule has 0 aliphatic rings. The highest BCUT2D eigenvalue weighted by atomic mass is 19.1. The van der Waals surface area contributed by atoms with E-state index in [4.69, 9.17) is 0 Å². The number of nitrogens with zero attached hydrogens (tertiary/aromatic N) is 1. The second-order valence-corrected chi connectivity index (χ2v) is 3.54. The molecule has 0 aliphatic carbocycles. The maximum absolute atomic E-state index is 13.7. The molecule has 0 unspecified atom stereocenters. The summed E-state index contributed by atoms with van der Waals surface area (Å²) >= 11 is 0. The van der Waals surface area contributed by atoms with Crippen molar-refractivity contribution in [3.05, 3.63) is 53.9 Å². The molecular formula is C13H11F2N. The van der Waals surface area contributed by atoms with Crippen molar-refractivity contribution in [2.75, 3.05) is 0 Å². The number of halogens is 2. The van der Waals surface area contributed by atoms with Gasteiger partial charge in [-0.25, -0.2) is 9.37 Å². The van der Waals surface area contributed by atoms with E-state index in [1.165, 1.54) is 24.4 Å². The summed E-state index contributed by atoms with van der Waals surface area (Å²) in [4.78, 5) is 3.51. The summed E-state index contributed by atoms with van der Waals surface area (Å²) in [6.07, 6.45) is 2.12. The van der Waals surface area contributed by atoms with Gasteiger partial charge in [-0.15, -0.1) is 0 Å². The van der Waals surface area contributed by atoms with E-state index < -0.39 is 5.95 Å². The highest BCUT2D eigenvalue weighted by Crippen LogP contribution is 2.23. The van der Waals surface area contributed by atoms with Crippen LogP contribution in [-0.4, -0.2) is 4.98 Å². The lowest BCUT2D eigenvalue weighted by molar-refractivity contribution is 0.583. The molecule has 0 fully saturated rings. The maximum Gasteiger partial charge on any atom is 0.212 e. The first kappa shape index (κ1) is 10.7. The molecule has 1 aromatic heterocycles. The first-order chi connectivity index (χ1) is 7.70. The van der Waals surface area contributed by atoms with Crippen LogP contribution in [-0.2, 0) is 6.42 Å². The number of hydrogen-bond acceptors (Lipinski definition) is 1. The third kappa shape index (κ3) is 2.08. The fourth-order valence-electron chi connectivity index (χ4n) is 1.55. The quantitative estimate of drug-likeness (QED) is 0.703. The van der Waals surface area contributed by atoms with Crippen LogP contribution in [0, 0.1) is 11.8 Å². The van der Waals surface area contributed by atoms with Gasteiger partial charge in [-0.05, 0) is 30.2 Å². The molecule has 1 aromatic carbocycles. The highest BCUT2D eigenvalue weighted by molar-refractivity contribution is 5.63. The van der Waals surface area contributed by atoms with Crippen LogP contribution in [0.25, 0.3) is 11.1 Å². The van der Waals surface area contributed by atoms with Crippen LogP contribution in [0.2, 0.25) is 0 Å². The van der Waals surface area contributed by atoms with Crippen molar-refractivity contribution >= 4 is 0 Å². The van der Waals surface area contributed by atoms with Crippen LogP contribution in [0.1, 0.15) is 12.5 Å². The Hall–Kier alpha value is -1.77. The molecule has 0 amide bonds. The van der Waals surface area contributed by atoms with Crippen molar-refractivity contribution < 1.29 is 8.78 Å². The summed E-state index contributed by atoms with van der Waals surface area (Å²) < 4.78 is 26.3. The lowest BCUT2D eigenvalue weighted by Crippen LogP contribution is -1.89. The summed E-state index contributed by atoms with van der Waals surface area (Å²) in [5.41, 5.74) is 1.97. The molecule has 0 bridgehead atoms. The Bertz CT molecular complexity index is 492. The zero-order chi connectivity index (χ0) is 11.5. The van der Waals surface area contributed by atoms with E-state index in [2.05, 4.69) is 4.98 Å². The summed E-state index contributed by atoms with van der Waals surface area (Å²) in [6.45, 7) is 1.97. The third-order valence-corrected chi connectivity index (χ3v) is 2.48. The summed E-state index contributed by atoms with van der Waals surface area (Å²) in [5, 5.41) is 0. The average molecular weight is 219 g/mol. The Morgan fingerprint density at radius 3 is 2.50 bits per heavy atom. The van der Waals surface area contributed by atoms with Crippen molar-refractivity contribution in [3.8, 4) is 11.1 Å². The smallest absolute Gasteiger partial charge is 0.212 e. The Labute approximate surface area is 92.8 Å². The molecule has 0 aliphatic heterocycles. The number of aryl methyl sites for hydroxylation is 1. The molecule has 1 nitrogen and oxygen atoms in total. The summed E-state index contributed by atoms with van der Waals surface area (Å²) in [5.74, 6) is -0.859. The van der Waals surface area contributed by atoms with Gasteiger partial charge in [0, 0.05) is 17.3 Å². The second-order valence-electron chi connectivity index (χ2n) is 3.54. The van der Waals surface area contributed by atoms with Gasteiger partial charge in [0.25, 0.3) is 0 Å². The Kier molecular flexibility index (Phi) is 2.95. The minimum absolute atomic E-state index is 0.298. The first-order valence-corrected chi connectivity index (χ1v) is 5.11. The SMILES string of the molecule is CCc1ccc(-c2ccc(F)nc2)c(F)c1. The van der Waals surface area contributed by atoms with E-state index in [0.29, 0.717) is 11.1 Å². The van der Waals surface area contributed by atoms with E-state index in [0.717, 1.165) is 12.0 Å². The lowest BCUT2D eigenvalue weighted by atomic mass is 10.0. The second kappa shape index (κ2) is 4.39. The van der Waals surface area contributed by atoms with E-state index in [1.54, 1.807) is 6.07 Å². The molecule has 2 aromatic rings. The number of aromatic nitrogens is 1. The van der Waals surface area contributed by atoms with E-state index >= 15 is 0 Å². The van der Waals surface area contributed by atoms with Crippen LogP contribution < -0.4 is 0 Å². The van der Waals surface area contributed by atoms with Crippen molar-refractivity contribution in [1.29, 1.82) is 0 Å². The molecule has 0 saturated carbocycles. The zero-order valence-corrected chi connectivity index (χ0v) is 8.87. The summed E-state index contributed by atoms with van der Waals surface area (Å²) in [7, 11) is 0. The first-order valence-electron chi connectivity index (χ1n) is 5.11. The normalized spacial score (nSPS) is 10.4. The predicted octanol–water partition coefficient (Wildman–Crippen LogP) is 3.59. The number of hydrogen-bond donors (Lipinski definition) is 0. The van der Waals surface area contributed by atoms with Gasteiger partial charge < -0.3 is 0 Å². The van der Waals surface area contributed by atoms with E-state index in [9.17, 15) is 8.78 Å². The molecule has 0 spiro atoms. The topological polar surface area (TPSA) is 12.9 Å². The highest BCUT2D eigenvalue weighted by Gasteiger charge is 2.06. The molecule has 3 heteroatoms. The molecule has 0 radical (unpaired) electrons. The van der Waals surface area contributed by atoms with Gasteiger partial charge in [0.05, 0.1) is 0 Å². The lowest BCUT2D eigenvalue weighted by Gasteiger charge is -2.04. The average Bonchev–Trinajstić information content (AvgIpc) is 2.30. The van der Waals surface area contributed by atoms with E-state index in [-0.39, 0.29) is 5.82 Å². The van der Waals surface area contributed by atoms with Gasteiger partial charge >= 0.3 is 0 Å². The monoisotopic (exact) mass is 219 g/mol. The number of benzene rings is 1. The number of pyridine rings is 1. The van der Waals surface area contributed by atoms with Crippen LogP contribution >= 0.6 is 0 Å². The Morgan fingerprint density at radius 1 is 1.12 bits per heavy atom. The molecule has 82 valence electrons. The maximum atomic E-state index is 13.7. The van der Waals surface area contributed by atoms with Gasteiger partial charge in [-0.1, -0.05) is 19.1 Å². The van der Waals surface area contributed by atoms with Gasteiger partial charge in [-0.3, -0.25) is 0 Å². The van der Waals surface area contributed by atoms with Crippen molar-refractivity contribution in [1.82, 2.24) is 4.98 Å².